The Balaban J connectivity index is 1.78. The Bertz CT molecular complexity index is 1120. The van der Waals surface area contributed by atoms with Gasteiger partial charge >= 0.3 is 5.69 Å². The van der Waals surface area contributed by atoms with E-state index in [0.717, 1.165) is 25.9 Å². The molecule has 30 heavy (non-hydrogen) atoms. The third-order valence-corrected chi connectivity index (χ3v) is 5.17. The van der Waals surface area contributed by atoms with E-state index >= 15 is 0 Å². The van der Waals surface area contributed by atoms with Crippen molar-refractivity contribution >= 4 is 28.0 Å². The number of nitriles is 1. The summed E-state index contributed by atoms with van der Waals surface area (Å²) in [7, 11) is 2.04. The van der Waals surface area contributed by atoms with Gasteiger partial charge in [-0.05, 0) is 32.0 Å². The average Bonchev–Trinajstić information content (AvgIpc) is 2.75. The SMILES string of the molecule is CN1CCC(Oc2cc3ncc(C#N)c(Nc4ccncc4)c3cc2[N+](=O)[O-])CC1. The number of fused-ring (bicyclic) bond motifs is 1. The van der Waals surface area contributed by atoms with Crippen molar-refractivity contribution < 1.29 is 9.66 Å². The van der Waals surface area contributed by atoms with Gasteiger partial charge in [0.05, 0.1) is 21.7 Å². The normalized spacial score (nSPS) is 14.9. The molecule has 1 N–H and O–H groups in total. The van der Waals surface area contributed by atoms with E-state index in [0.29, 0.717) is 22.3 Å². The molecular formula is C21H20N6O3. The molecule has 0 unspecified atom stereocenters. The molecule has 0 saturated carbocycles. The van der Waals surface area contributed by atoms with E-state index in [4.69, 9.17) is 4.74 Å². The van der Waals surface area contributed by atoms with E-state index in [1.54, 1.807) is 30.6 Å². The Labute approximate surface area is 173 Å². The molecule has 1 saturated heterocycles. The first-order chi connectivity index (χ1) is 14.5. The molecule has 1 aromatic carbocycles. The van der Waals surface area contributed by atoms with Crippen LogP contribution in [0, 0.1) is 21.4 Å². The summed E-state index contributed by atoms with van der Waals surface area (Å²) < 4.78 is 6.02. The standard InChI is InChI=1S/C21H20N6O3/c1-26-8-4-16(5-9-26)30-20-11-18-17(10-19(20)27(28)29)21(14(12-22)13-24-18)25-15-2-6-23-7-3-15/h2-3,6-7,10-11,13,16H,4-5,8-9H2,1H3,(H,23,24,25). The Morgan fingerprint density at radius 3 is 2.70 bits per heavy atom. The van der Waals surface area contributed by atoms with Crippen molar-refractivity contribution in [3.05, 3.63) is 58.5 Å². The van der Waals surface area contributed by atoms with Crippen molar-refractivity contribution in [3.8, 4) is 11.8 Å². The van der Waals surface area contributed by atoms with Crippen LogP contribution in [0.25, 0.3) is 10.9 Å². The van der Waals surface area contributed by atoms with Crippen LogP contribution in [0.1, 0.15) is 18.4 Å². The molecular weight excluding hydrogens is 384 g/mol. The summed E-state index contributed by atoms with van der Waals surface area (Å²) in [5, 5.41) is 25.0. The highest BCUT2D eigenvalue weighted by molar-refractivity contribution is 5.98. The number of hydrogen-bond acceptors (Lipinski definition) is 8. The van der Waals surface area contributed by atoms with Gasteiger partial charge < -0.3 is 15.0 Å². The minimum absolute atomic E-state index is 0.0786. The van der Waals surface area contributed by atoms with E-state index in [1.807, 2.05) is 7.05 Å². The summed E-state index contributed by atoms with van der Waals surface area (Å²) >= 11 is 0. The van der Waals surface area contributed by atoms with Crippen molar-refractivity contribution in [1.82, 2.24) is 14.9 Å². The third-order valence-electron chi connectivity index (χ3n) is 5.17. The fourth-order valence-electron chi connectivity index (χ4n) is 3.53. The van der Waals surface area contributed by atoms with Crippen LogP contribution in [0.5, 0.6) is 5.75 Å². The van der Waals surface area contributed by atoms with Crippen molar-refractivity contribution in [3.63, 3.8) is 0 Å². The lowest BCUT2D eigenvalue weighted by molar-refractivity contribution is -0.386. The highest BCUT2D eigenvalue weighted by Crippen LogP contribution is 2.38. The van der Waals surface area contributed by atoms with Crippen LogP contribution >= 0.6 is 0 Å². The summed E-state index contributed by atoms with van der Waals surface area (Å²) in [5.41, 5.74) is 1.83. The first-order valence-electron chi connectivity index (χ1n) is 9.58. The van der Waals surface area contributed by atoms with Gasteiger partial charge in [0.2, 0.25) is 0 Å². The number of hydrogen-bond donors (Lipinski definition) is 1. The number of anilines is 2. The van der Waals surface area contributed by atoms with Crippen molar-refractivity contribution in [2.45, 2.75) is 18.9 Å². The molecule has 1 aliphatic heterocycles. The van der Waals surface area contributed by atoms with E-state index in [-0.39, 0.29) is 23.1 Å². The Kier molecular flexibility index (Phi) is 5.41. The van der Waals surface area contributed by atoms with Crippen LogP contribution in [0.3, 0.4) is 0 Å². The van der Waals surface area contributed by atoms with Gasteiger partial charge in [-0.25, -0.2) is 0 Å². The average molecular weight is 404 g/mol. The third kappa shape index (κ3) is 3.99. The number of pyridine rings is 2. The minimum atomic E-state index is -0.459. The van der Waals surface area contributed by atoms with Crippen LogP contribution in [0.15, 0.2) is 42.9 Å². The Hall–Kier alpha value is -3.77. The molecule has 0 atom stereocenters. The lowest BCUT2D eigenvalue weighted by atomic mass is 10.1. The predicted molar refractivity (Wildman–Crippen MR) is 112 cm³/mol. The highest BCUT2D eigenvalue weighted by Gasteiger charge is 2.25. The predicted octanol–water partition coefficient (Wildman–Crippen LogP) is 3.63. The molecule has 0 aliphatic carbocycles. The summed E-state index contributed by atoms with van der Waals surface area (Å²) in [6.45, 7) is 1.77. The maximum absolute atomic E-state index is 11.8. The number of piperidine rings is 1. The van der Waals surface area contributed by atoms with E-state index in [1.165, 1.54) is 12.3 Å². The molecule has 1 fully saturated rings. The number of nitro benzene ring substituents is 1. The molecule has 9 nitrogen and oxygen atoms in total. The zero-order valence-corrected chi connectivity index (χ0v) is 16.4. The second kappa shape index (κ2) is 8.31. The fraction of sp³-hybridized carbons (Fsp3) is 0.286. The summed E-state index contributed by atoms with van der Waals surface area (Å²) in [4.78, 5) is 21.8. The fourth-order valence-corrected chi connectivity index (χ4v) is 3.53. The maximum Gasteiger partial charge on any atom is 0.311 e. The molecule has 0 radical (unpaired) electrons. The topological polar surface area (TPSA) is 117 Å². The van der Waals surface area contributed by atoms with Crippen molar-refractivity contribution in [1.29, 1.82) is 5.26 Å². The van der Waals surface area contributed by atoms with Crippen LogP contribution in [-0.4, -0.2) is 46.0 Å². The van der Waals surface area contributed by atoms with E-state index < -0.39 is 4.92 Å². The Morgan fingerprint density at radius 2 is 2.03 bits per heavy atom. The minimum Gasteiger partial charge on any atom is -0.483 e. The molecule has 4 rings (SSSR count). The van der Waals surface area contributed by atoms with Crippen LogP contribution in [0.4, 0.5) is 17.1 Å². The number of rotatable bonds is 5. The molecule has 9 heteroatoms. The molecule has 152 valence electrons. The molecule has 0 bridgehead atoms. The lowest BCUT2D eigenvalue weighted by Gasteiger charge is -2.29. The zero-order chi connectivity index (χ0) is 21.1. The van der Waals surface area contributed by atoms with Crippen molar-refractivity contribution in [2.75, 3.05) is 25.5 Å². The molecule has 1 aliphatic rings. The highest BCUT2D eigenvalue weighted by atomic mass is 16.6. The molecule has 3 aromatic rings. The van der Waals surface area contributed by atoms with Crippen LogP contribution in [0.2, 0.25) is 0 Å². The lowest BCUT2D eigenvalue weighted by Crippen LogP contribution is -2.35. The summed E-state index contributed by atoms with van der Waals surface area (Å²) in [6.07, 6.45) is 6.23. The largest absolute Gasteiger partial charge is 0.483 e. The number of nitrogens with one attached hydrogen (secondary N) is 1. The number of aromatic nitrogens is 2. The molecule has 0 amide bonds. The van der Waals surface area contributed by atoms with E-state index in [2.05, 4.69) is 26.3 Å². The molecule has 0 spiro atoms. The van der Waals surface area contributed by atoms with E-state index in [9.17, 15) is 15.4 Å². The molecule has 3 heterocycles. The summed E-state index contributed by atoms with van der Waals surface area (Å²) in [6, 6.07) is 8.61. The van der Waals surface area contributed by atoms with Gasteiger partial charge in [-0.2, -0.15) is 5.26 Å². The van der Waals surface area contributed by atoms with Gasteiger partial charge in [0.1, 0.15) is 12.2 Å². The molecule has 2 aromatic heterocycles. The van der Waals surface area contributed by atoms with Gasteiger partial charge in [0, 0.05) is 54.9 Å². The smallest absolute Gasteiger partial charge is 0.311 e. The van der Waals surface area contributed by atoms with Crippen LogP contribution < -0.4 is 10.1 Å². The van der Waals surface area contributed by atoms with Gasteiger partial charge in [-0.3, -0.25) is 20.1 Å². The number of likely N-dealkylation sites (tertiary alicyclic amines) is 1. The second-order valence-electron chi connectivity index (χ2n) is 7.23. The zero-order valence-electron chi connectivity index (χ0n) is 16.4. The number of benzene rings is 1. The number of nitrogens with zero attached hydrogens (tertiary/aromatic N) is 5. The first-order valence-corrected chi connectivity index (χ1v) is 9.58. The first kappa shape index (κ1) is 19.5. The van der Waals surface area contributed by atoms with Gasteiger partial charge in [0.15, 0.2) is 5.75 Å². The van der Waals surface area contributed by atoms with Gasteiger partial charge in [0.25, 0.3) is 0 Å². The Morgan fingerprint density at radius 1 is 1.30 bits per heavy atom. The van der Waals surface area contributed by atoms with Gasteiger partial charge in [-0.1, -0.05) is 0 Å². The quantitative estimate of drug-likeness (QED) is 0.506. The monoisotopic (exact) mass is 404 g/mol. The summed E-state index contributed by atoms with van der Waals surface area (Å²) in [5.74, 6) is 0.203. The van der Waals surface area contributed by atoms with Crippen molar-refractivity contribution in [2.24, 2.45) is 0 Å². The number of nitro groups is 1. The second-order valence-corrected chi connectivity index (χ2v) is 7.23. The van der Waals surface area contributed by atoms with Crippen LogP contribution in [-0.2, 0) is 0 Å². The van der Waals surface area contributed by atoms with Gasteiger partial charge in [-0.15, -0.1) is 0 Å². The maximum atomic E-state index is 11.8. The number of ether oxygens (including phenoxy) is 1.